The third-order valence-corrected chi connectivity index (χ3v) is 2.69. The molecule has 2 N–H and O–H groups in total. The largest absolute Gasteiger partial charge is 0.411 e. The van der Waals surface area contributed by atoms with Gasteiger partial charge in [-0.1, -0.05) is 5.16 Å². The van der Waals surface area contributed by atoms with Crippen LogP contribution in [0.1, 0.15) is 22.5 Å². The van der Waals surface area contributed by atoms with Gasteiger partial charge >= 0.3 is 0 Å². The van der Waals surface area contributed by atoms with Crippen molar-refractivity contribution < 1.29 is 14.6 Å². The van der Waals surface area contributed by atoms with Crippen LogP contribution >= 0.6 is 0 Å². The first-order valence-electron chi connectivity index (χ1n) is 6.14. The minimum atomic E-state index is -0.0955. The van der Waals surface area contributed by atoms with Crippen LogP contribution in [0.15, 0.2) is 23.5 Å². The Balaban J connectivity index is 2.55. The van der Waals surface area contributed by atoms with Crippen LogP contribution in [0.5, 0.6) is 0 Å². The Morgan fingerprint density at radius 1 is 1.53 bits per heavy atom. The van der Waals surface area contributed by atoms with Gasteiger partial charge in [0.05, 0.1) is 0 Å². The molecule has 0 aliphatic heterocycles. The van der Waals surface area contributed by atoms with Crippen LogP contribution in [0.3, 0.4) is 0 Å². The van der Waals surface area contributed by atoms with Crippen LogP contribution in [0.25, 0.3) is 0 Å². The second kappa shape index (κ2) is 7.48. The number of carbonyl (C=O) groups is 1. The van der Waals surface area contributed by atoms with E-state index in [1.807, 2.05) is 14.1 Å². The maximum absolute atomic E-state index is 11.9. The number of oxime groups is 1. The zero-order valence-electron chi connectivity index (χ0n) is 11.6. The molecule has 0 bridgehead atoms. The van der Waals surface area contributed by atoms with E-state index in [1.54, 1.807) is 29.9 Å². The Morgan fingerprint density at radius 2 is 2.26 bits per heavy atom. The third kappa shape index (κ3) is 5.05. The molecule has 0 atom stereocenters. The first kappa shape index (κ1) is 15.1. The van der Waals surface area contributed by atoms with Gasteiger partial charge in [0.1, 0.15) is 18.8 Å². The fourth-order valence-corrected chi connectivity index (χ4v) is 1.65. The normalized spacial score (nSPS) is 11.2. The van der Waals surface area contributed by atoms with Gasteiger partial charge in [0.15, 0.2) is 6.20 Å². The summed E-state index contributed by atoms with van der Waals surface area (Å²) in [5.41, 5.74) is 1.30. The van der Waals surface area contributed by atoms with Crippen LogP contribution in [-0.4, -0.2) is 49.4 Å². The number of aromatic nitrogens is 1. The summed E-state index contributed by atoms with van der Waals surface area (Å²) in [6.07, 6.45) is 3.94. The molecule has 1 aromatic heterocycles. The Morgan fingerprint density at radius 3 is 2.84 bits per heavy atom. The van der Waals surface area contributed by atoms with Gasteiger partial charge in [-0.15, -0.1) is 0 Å². The maximum atomic E-state index is 11.9. The number of aryl methyl sites for hydroxylation is 1. The van der Waals surface area contributed by atoms with Gasteiger partial charge in [-0.3, -0.25) is 4.79 Å². The fourth-order valence-electron chi connectivity index (χ4n) is 1.65. The Labute approximate surface area is 113 Å². The van der Waals surface area contributed by atoms with Crippen LogP contribution in [-0.2, 0) is 7.05 Å². The zero-order valence-corrected chi connectivity index (χ0v) is 11.6. The van der Waals surface area contributed by atoms with Gasteiger partial charge in [-0.05, 0) is 33.1 Å². The summed E-state index contributed by atoms with van der Waals surface area (Å²) >= 11 is 0. The summed E-state index contributed by atoms with van der Waals surface area (Å²) in [5.74, 6) is -0.0955. The van der Waals surface area contributed by atoms with Crippen molar-refractivity contribution in [1.29, 1.82) is 0 Å². The highest BCUT2D eigenvalue weighted by Gasteiger charge is 2.11. The average Bonchev–Trinajstić information content (AvgIpc) is 2.36. The second-order valence-corrected chi connectivity index (χ2v) is 4.61. The van der Waals surface area contributed by atoms with Crippen molar-refractivity contribution in [2.45, 2.75) is 6.42 Å². The van der Waals surface area contributed by atoms with Gasteiger partial charge in [-0.25, -0.2) is 0 Å². The molecule has 0 unspecified atom stereocenters. The number of hydrogen-bond donors (Lipinski definition) is 2. The first-order chi connectivity index (χ1) is 9.04. The van der Waals surface area contributed by atoms with E-state index in [2.05, 4.69) is 15.4 Å². The molecule has 0 spiro atoms. The van der Waals surface area contributed by atoms with Crippen molar-refractivity contribution >= 4 is 12.1 Å². The molecule has 1 aromatic rings. The monoisotopic (exact) mass is 265 g/mol. The van der Waals surface area contributed by atoms with Crippen molar-refractivity contribution in [3.8, 4) is 0 Å². The van der Waals surface area contributed by atoms with E-state index in [4.69, 9.17) is 5.21 Å². The number of amides is 1. The van der Waals surface area contributed by atoms with Crippen LogP contribution < -0.4 is 9.88 Å². The summed E-state index contributed by atoms with van der Waals surface area (Å²) in [6.45, 7) is 1.60. The molecule has 0 aliphatic carbocycles. The smallest absolute Gasteiger partial charge is 0.257 e. The average molecular weight is 265 g/mol. The van der Waals surface area contributed by atoms with Gasteiger partial charge < -0.3 is 15.4 Å². The molecule has 0 radical (unpaired) electrons. The highest BCUT2D eigenvalue weighted by atomic mass is 16.4. The van der Waals surface area contributed by atoms with E-state index in [0.717, 1.165) is 13.0 Å². The maximum Gasteiger partial charge on any atom is 0.257 e. The number of nitrogens with one attached hydrogen (secondary N) is 1. The Hall–Kier alpha value is -1.95. The fraction of sp³-hybridized carbons (Fsp3) is 0.462. The molecular weight excluding hydrogens is 244 g/mol. The van der Waals surface area contributed by atoms with E-state index in [1.165, 1.54) is 6.21 Å². The summed E-state index contributed by atoms with van der Waals surface area (Å²) in [4.78, 5) is 14.0. The van der Waals surface area contributed by atoms with E-state index in [9.17, 15) is 4.79 Å². The quantitative estimate of drug-likeness (QED) is 0.250. The lowest BCUT2D eigenvalue weighted by Gasteiger charge is -2.09. The van der Waals surface area contributed by atoms with Crippen LogP contribution in [0.2, 0.25) is 0 Å². The molecule has 0 fully saturated rings. The molecule has 104 valence electrons. The minimum Gasteiger partial charge on any atom is -0.411 e. The first-order valence-corrected chi connectivity index (χ1v) is 6.14. The molecule has 19 heavy (non-hydrogen) atoms. The Kier molecular flexibility index (Phi) is 5.95. The van der Waals surface area contributed by atoms with E-state index < -0.39 is 0 Å². The minimum absolute atomic E-state index is 0.0955. The van der Waals surface area contributed by atoms with Crippen molar-refractivity contribution in [3.63, 3.8) is 0 Å². The topological polar surface area (TPSA) is 68.8 Å². The third-order valence-electron chi connectivity index (χ3n) is 2.69. The molecule has 0 aliphatic rings. The van der Waals surface area contributed by atoms with Crippen LogP contribution in [0.4, 0.5) is 0 Å². The second-order valence-electron chi connectivity index (χ2n) is 4.61. The SMILES string of the molecule is CN(C)CCCNC(=O)c1ccc(C=NO)[n+](C)c1. The lowest BCUT2D eigenvalue weighted by atomic mass is 10.2. The van der Waals surface area contributed by atoms with Gasteiger partial charge in [0.2, 0.25) is 5.69 Å². The molecule has 0 saturated heterocycles. The Bertz CT molecular complexity index is 458. The van der Waals surface area contributed by atoms with E-state index in [0.29, 0.717) is 17.8 Å². The predicted molar refractivity (Wildman–Crippen MR) is 72.5 cm³/mol. The highest BCUT2D eigenvalue weighted by molar-refractivity contribution is 5.93. The number of pyridine rings is 1. The standard InChI is InChI=1S/C13H20N4O2/c1-16(2)8-4-7-14-13(18)11-5-6-12(9-15-19)17(3)10-11/h5-6,9-10H,4,7-8H2,1-3H3,(H,14,18)/p+1. The summed E-state index contributed by atoms with van der Waals surface area (Å²) < 4.78 is 1.73. The van der Waals surface area contributed by atoms with Gasteiger partial charge in [0.25, 0.3) is 5.91 Å². The summed E-state index contributed by atoms with van der Waals surface area (Å²) in [7, 11) is 5.80. The number of rotatable bonds is 6. The summed E-state index contributed by atoms with van der Waals surface area (Å²) in [6, 6.07) is 3.44. The molecule has 6 nitrogen and oxygen atoms in total. The summed E-state index contributed by atoms with van der Waals surface area (Å²) in [5, 5.41) is 14.3. The molecule has 0 saturated carbocycles. The molecule has 1 amide bonds. The van der Waals surface area contributed by atoms with E-state index in [-0.39, 0.29) is 5.91 Å². The zero-order chi connectivity index (χ0) is 14.3. The van der Waals surface area contributed by atoms with Crippen molar-refractivity contribution in [3.05, 3.63) is 29.6 Å². The van der Waals surface area contributed by atoms with Gasteiger partial charge in [-0.2, -0.15) is 4.57 Å². The lowest BCUT2D eigenvalue weighted by Crippen LogP contribution is -2.36. The number of hydrogen-bond acceptors (Lipinski definition) is 4. The molecule has 1 heterocycles. The van der Waals surface area contributed by atoms with Gasteiger partial charge in [0, 0.05) is 12.6 Å². The van der Waals surface area contributed by atoms with Crippen molar-refractivity contribution in [2.75, 3.05) is 27.2 Å². The van der Waals surface area contributed by atoms with E-state index >= 15 is 0 Å². The van der Waals surface area contributed by atoms with Crippen LogP contribution in [0, 0.1) is 0 Å². The molecule has 1 rings (SSSR count). The molecule has 6 heteroatoms. The highest BCUT2D eigenvalue weighted by Crippen LogP contribution is 1.97. The lowest BCUT2D eigenvalue weighted by molar-refractivity contribution is -0.672. The molecule has 0 aromatic carbocycles. The number of carbonyl (C=O) groups excluding carboxylic acids is 1. The van der Waals surface area contributed by atoms with Crippen molar-refractivity contribution in [2.24, 2.45) is 12.2 Å². The van der Waals surface area contributed by atoms with Crippen molar-refractivity contribution in [1.82, 2.24) is 10.2 Å². The number of nitrogens with zero attached hydrogens (tertiary/aromatic N) is 3. The predicted octanol–water partition coefficient (Wildman–Crippen LogP) is 0.000700. The molecular formula is C13H21N4O2+.